The summed E-state index contributed by atoms with van der Waals surface area (Å²) in [4.78, 5) is 24.9. The van der Waals surface area contributed by atoms with Gasteiger partial charge in [0.2, 0.25) is 0 Å². The average molecular weight is 371 g/mol. The van der Waals surface area contributed by atoms with Gasteiger partial charge in [-0.3, -0.25) is 14.9 Å². The van der Waals surface area contributed by atoms with Crippen LogP contribution < -0.4 is 15.0 Å². The fraction of sp³-hybridized carbons (Fsp3) is 0.316. The molecule has 27 heavy (non-hydrogen) atoms. The van der Waals surface area contributed by atoms with Crippen molar-refractivity contribution in [3.8, 4) is 5.75 Å². The van der Waals surface area contributed by atoms with Gasteiger partial charge in [-0.15, -0.1) is 0 Å². The van der Waals surface area contributed by atoms with E-state index < -0.39 is 4.92 Å². The molecule has 1 aliphatic heterocycles. The monoisotopic (exact) mass is 371 g/mol. The number of amides is 1. The van der Waals surface area contributed by atoms with Gasteiger partial charge in [-0.25, -0.2) is 0 Å². The van der Waals surface area contributed by atoms with Gasteiger partial charge in [0.1, 0.15) is 5.75 Å². The highest BCUT2D eigenvalue weighted by atomic mass is 16.6. The maximum Gasteiger partial charge on any atom is 0.271 e. The number of carbonyl (C=O) groups excluding carboxylic acids is 1. The predicted molar refractivity (Wildman–Crippen MR) is 101 cm³/mol. The SMILES string of the molecule is Cc1cccc(OCC(=O)Nc2ccc([N+](=O)[O-])cc2N2CCOCC2)c1. The van der Waals surface area contributed by atoms with Crippen molar-refractivity contribution in [3.05, 3.63) is 58.1 Å². The molecule has 0 bridgehead atoms. The second-order valence-electron chi connectivity index (χ2n) is 6.21. The first kappa shape index (κ1) is 18.7. The van der Waals surface area contributed by atoms with Gasteiger partial charge in [-0.1, -0.05) is 12.1 Å². The average Bonchev–Trinajstić information content (AvgIpc) is 2.67. The number of rotatable bonds is 6. The molecule has 0 saturated carbocycles. The Morgan fingerprint density at radius 2 is 2.04 bits per heavy atom. The molecule has 142 valence electrons. The molecule has 0 aliphatic carbocycles. The van der Waals surface area contributed by atoms with Gasteiger partial charge >= 0.3 is 0 Å². The fourth-order valence-electron chi connectivity index (χ4n) is 2.85. The van der Waals surface area contributed by atoms with Crippen LogP contribution in [0, 0.1) is 17.0 Å². The lowest BCUT2D eigenvalue weighted by Crippen LogP contribution is -2.37. The smallest absolute Gasteiger partial charge is 0.271 e. The van der Waals surface area contributed by atoms with Crippen molar-refractivity contribution in [1.29, 1.82) is 0 Å². The molecule has 1 saturated heterocycles. The summed E-state index contributed by atoms with van der Waals surface area (Å²) in [5.74, 6) is 0.280. The zero-order valence-corrected chi connectivity index (χ0v) is 15.0. The maximum absolute atomic E-state index is 12.3. The Labute approximate surface area is 156 Å². The lowest BCUT2D eigenvalue weighted by atomic mass is 10.2. The van der Waals surface area contributed by atoms with E-state index in [2.05, 4.69) is 5.32 Å². The van der Waals surface area contributed by atoms with Crippen LogP contribution in [0.25, 0.3) is 0 Å². The summed E-state index contributed by atoms with van der Waals surface area (Å²) in [5, 5.41) is 13.9. The molecule has 1 fully saturated rings. The number of ether oxygens (including phenoxy) is 2. The molecule has 0 atom stereocenters. The van der Waals surface area contributed by atoms with E-state index in [-0.39, 0.29) is 18.2 Å². The first-order valence-electron chi connectivity index (χ1n) is 8.63. The summed E-state index contributed by atoms with van der Waals surface area (Å²) in [7, 11) is 0. The van der Waals surface area contributed by atoms with E-state index in [4.69, 9.17) is 9.47 Å². The van der Waals surface area contributed by atoms with Gasteiger partial charge in [0.05, 0.1) is 29.5 Å². The topological polar surface area (TPSA) is 93.9 Å². The summed E-state index contributed by atoms with van der Waals surface area (Å²) in [5.41, 5.74) is 2.14. The second kappa shape index (κ2) is 8.50. The molecule has 1 aliphatic rings. The number of hydrogen-bond acceptors (Lipinski definition) is 6. The molecule has 1 heterocycles. The number of hydrogen-bond donors (Lipinski definition) is 1. The summed E-state index contributed by atoms with van der Waals surface area (Å²) in [6, 6.07) is 11.8. The lowest BCUT2D eigenvalue weighted by molar-refractivity contribution is -0.384. The summed E-state index contributed by atoms with van der Waals surface area (Å²) >= 11 is 0. The third kappa shape index (κ3) is 4.95. The number of non-ortho nitro benzene ring substituents is 1. The van der Waals surface area contributed by atoms with Crippen LogP contribution in [0.1, 0.15) is 5.56 Å². The Bertz CT molecular complexity index is 834. The first-order chi connectivity index (χ1) is 13.0. The zero-order chi connectivity index (χ0) is 19.2. The molecule has 3 rings (SSSR count). The van der Waals surface area contributed by atoms with Gasteiger partial charge in [0, 0.05) is 25.2 Å². The van der Waals surface area contributed by atoms with Crippen LogP contribution in [0.4, 0.5) is 17.1 Å². The lowest BCUT2D eigenvalue weighted by Gasteiger charge is -2.30. The van der Waals surface area contributed by atoms with Crippen LogP contribution >= 0.6 is 0 Å². The van der Waals surface area contributed by atoms with E-state index in [1.165, 1.54) is 12.1 Å². The van der Waals surface area contributed by atoms with Gasteiger partial charge < -0.3 is 19.7 Å². The Hall–Kier alpha value is -3.13. The molecule has 0 aromatic heterocycles. The third-order valence-corrected chi connectivity index (χ3v) is 4.18. The van der Waals surface area contributed by atoms with Crippen molar-refractivity contribution in [2.75, 3.05) is 43.1 Å². The van der Waals surface area contributed by atoms with Crippen molar-refractivity contribution in [1.82, 2.24) is 0 Å². The molecule has 2 aromatic rings. The number of nitrogens with one attached hydrogen (secondary N) is 1. The van der Waals surface area contributed by atoms with Crippen LogP contribution in [0.5, 0.6) is 5.75 Å². The number of benzene rings is 2. The molecule has 8 heteroatoms. The maximum atomic E-state index is 12.3. The largest absolute Gasteiger partial charge is 0.484 e. The highest BCUT2D eigenvalue weighted by Crippen LogP contribution is 2.31. The van der Waals surface area contributed by atoms with Crippen molar-refractivity contribution in [2.45, 2.75) is 6.92 Å². The fourth-order valence-corrected chi connectivity index (χ4v) is 2.85. The molecular weight excluding hydrogens is 350 g/mol. The highest BCUT2D eigenvalue weighted by Gasteiger charge is 2.20. The van der Waals surface area contributed by atoms with Crippen molar-refractivity contribution < 1.29 is 19.2 Å². The van der Waals surface area contributed by atoms with E-state index in [1.807, 2.05) is 30.0 Å². The van der Waals surface area contributed by atoms with E-state index in [9.17, 15) is 14.9 Å². The highest BCUT2D eigenvalue weighted by molar-refractivity contribution is 5.95. The van der Waals surface area contributed by atoms with Crippen molar-refractivity contribution >= 4 is 23.0 Å². The molecule has 1 amide bonds. The Morgan fingerprint density at radius 1 is 1.26 bits per heavy atom. The number of nitro benzene ring substituents is 1. The van der Waals surface area contributed by atoms with E-state index >= 15 is 0 Å². The van der Waals surface area contributed by atoms with Gasteiger partial charge in [0.15, 0.2) is 6.61 Å². The summed E-state index contributed by atoms with van der Waals surface area (Å²) in [6.45, 7) is 4.06. The minimum Gasteiger partial charge on any atom is -0.484 e. The summed E-state index contributed by atoms with van der Waals surface area (Å²) in [6.07, 6.45) is 0. The van der Waals surface area contributed by atoms with Gasteiger partial charge in [-0.05, 0) is 30.7 Å². The number of anilines is 2. The van der Waals surface area contributed by atoms with Crippen LogP contribution in [0.15, 0.2) is 42.5 Å². The minimum absolute atomic E-state index is 0.0227. The normalized spacial score (nSPS) is 13.9. The van der Waals surface area contributed by atoms with Crippen LogP contribution in [-0.2, 0) is 9.53 Å². The quantitative estimate of drug-likeness (QED) is 0.620. The predicted octanol–water partition coefficient (Wildman–Crippen LogP) is 2.76. The molecule has 1 N–H and O–H groups in total. The van der Waals surface area contributed by atoms with E-state index in [0.717, 1.165) is 5.56 Å². The van der Waals surface area contributed by atoms with Gasteiger partial charge in [-0.2, -0.15) is 0 Å². The van der Waals surface area contributed by atoms with Gasteiger partial charge in [0.25, 0.3) is 11.6 Å². The van der Waals surface area contributed by atoms with Crippen molar-refractivity contribution in [3.63, 3.8) is 0 Å². The second-order valence-corrected chi connectivity index (χ2v) is 6.21. The number of aryl methyl sites for hydroxylation is 1. The van der Waals surface area contributed by atoms with Crippen LogP contribution in [0.3, 0.4) is 0 Å². The number of morpholine rings is 1. The molecule has 0 unspecified atom stereocenters. The third-order valence-electron chi connectivity index (χ3n) is 4.18. The standard InChI is InChI=1S/C19H21N3O5/c1-14-3-2-4-16(11-14)27-13-19(23)20-17-6-5-15(22(24)25)12-18(17)21-7-9-26-10-8-21/h2-6,11-12H,7-10,13H2,1H3,(H,20,23). The Morgan fingerprint density at radius 3 is 2.74 bits per heavy atom. The minimum atomic E-state index is -0.448. The Balaban J connectivity index is 1.72. The molecule has 8 nitrogen and oxygen atoms in total. The molecular formula is C19H21N3O5. The van der Waals surface area contributed by atoms with E-state index in [1.54, 1.807) is 12.1 Å². The molecule has 2 aromatic carbocycles. The number of nitrogens with zero attached hydrogens (tertiary/aromatic N) is 2. The Kier molecular flexibility index (Phi) is 5.87. The van der Waals surface area contributed by atoms with E-state index in [0.29, 0.717) is 43.4 Å². The van der Waals surface area contributed by atoms with Crippen LogP contribution in [0.2, 0.25) is 0 Å². The number of carbonyl (C=O) groups is 1. The van der Waals surface area contributed by atoms with Crippen molar-refractivity contribution in [2.24, 2.45) is 0 Å². The van der Waals surface area contributed by atoms with Crippen LogP contribution in [-0.4, -0.2) is 43.7 Å². The first-order valence-corrected chi connectivity index (χ1v) is 8.63. The molecule has 0 radical (unpaired) electrons. The molecule has 0 spiro atoms. The number of nitro groups is 1. The zero-order valence-electron chi connectivity index (χ0n) is 15.0. The summed E-state index contributed by atoms with van der Waals surface area (Å²) < 4.78 is 10.8.